The van der Waals surface area contributed by atoms with Crippen molar-refractivity contribution in [2.45, 2.75) is 6.42 Å². The van der Waals surface area contributed by atoms with Crippen LogP contribution >= 0.6 is 28.6 Å². The number of hydrogen-bond donors (Lipinski definition) is 1. The smallest absolute Gasteiger partial charge is 0.228 e. The molecular weight excluding hydrogens is 276 g/mol. The monoisotopic (exact) mass is 286 g/mol. The van der Waals surface area contributed by atoms with Crippen molar-refractivity contribution in [1.29, 1.82) is 0 Å². The van der Waals surface area contributed by atoms with E-state index < -0.39 is 0 Å². The van der Waals surface area contributed by atoms with Crippen LogP contribution in [0.4, 0.5) is 5.82 Å². The molecule has 0 aliphatic carbocycles. The summed E-state index contributed by atoms with van der Waals surface area (Å²) in [5.74, 6) is 1.95. The highest BCUT2D eigenvalue weighted by atomic mass is 79.9. The van der Waals surface area contributed by atoms with Crippen LogP contribution in [-0.4, -0.2) is 23.2 Å². The predicted octanol–water partition coefficient (Wildman–Crippen LogP) is 2.13. The van der Waals surface area contributed by atoms with E-state index in [2.05, 4.69) is 33.5 Å². The molecule has 0 bridgehead atoms. The van der Waals surface area contributed by atoms with Gasteiger partial charge < -0.3 is 0 Å². The molecule has 1 unspecified atom stereocenters. The van der Waals surface area contributed by atoms with Crippen LogP contribution in [0.3, 0.4) is 0 Å². The van der Waals surface area contributed by atoms with Crippen LogP contribution in [0.1, 0.15) is 6.42 Å². The molecular formula is C10H11BrN2OS. The number of thiol groups is 1. The molecule has 0 radical (unpaired) electrons. The highest BCUT2D eigenvalue weighted by molar-refractivity contribution is 9.10. The summed E-state index contributed by atoms with van der Waals surface area (Å²) in [6.07, 6.45) is 2.28. The van der Waals surface area contributed by atoms with Crippen molar-refractivity contribution in [2.24, 2.45) is 5.92 Å². The second-order valence-electron chi connectivity index (χ2n) is 3.59. The number of carbonyl (C=O) groups is 1. The number of anilines is 1. The largest absolute Gasteiger partial charge is 0.296 e. The average Bonchev–Trinajstić information content (AvgIpc) is 2.60. The zero-order valence-corrected chi connectivity index (χ0v) is 10.5. The zero-order valence-electron chi connectivity index (χ0n) is 8.06. The van der Waals surface area contributed by atoms with Gasteiger partial charge in [-0.05, 0) is 23.8 Å². The van der Waals surface area contributed by atoms with Gasteiger partial charge in [0.1, 0.15) is 5.82 Å². The van der Waals surface area contributed by atoms with Gasteiger partial charge in [0.05, 0.1) is 0 Å². The molecule has 0 spiro atoms. The molecule has 15 heavy (non-hydrogen) atoms. The Balaban J connectivity index is 2.21. The van der Waals surface area contributed by atoms with Gasteiger partial charge >= 0.3 is 0 Å². The second-order valence-corrected chi connectivity index (χ2v) is 4.87. The molecule has 80 valence electrons. The summed E-state index contributed by atoms with van der Waals surface area (Å²) in [6.45, 7) is 0.728. The lowest BCUT2D eigenvalue weighted by atomic mass is 10.1. The van der Waals surface area contributed by atoms with E-state index in [1.165, 1.54) is 0 Å². The lowest BCUT2D eigenvalue weighted by Gasteiger charge is -2.15. The summed E-state index contributed by atoms with van der Waals surface area (Å²) in [4.78, 5) is 17.6. The second kappa shape index (κ2) is 4.53. The Bertz CT molecular complexity index is 385. The van der Waals surface area contributed by atoms with E-state index in [9.17, 15) is 4.79 Å². The third-order valence-electron chi connectivity index (χ3n) is 2.45. The van der Waals surface area contributed by atoms with Gasteiger partial charge in [-0.25, -0.2) is 4.98 Å². The van der Waals surface area contributed by atoms with Gasteiger partial charge in [-0.2, -0.15) is 12.6 Å². The Kier molecular flexibility index (Phi) is 3.31. The third-order valence-corrected chi connectivity index (χ3v) is 3.46. The van der Waals surface area contributed by atoms with Crippen LogP contribution in [0.25, 0.3) is 0 Å². The molecule has 1 aromatic heterocycles. The molecule has 1 saturated heterocycles. The summed E-state index contributed by atoms with van der Waals surface area (Å²) in [5.41, 5.74) is 0. The van der Waals surface area contributed by atoms with E-state index in [0.29, 0.717) is 12.3 Å². The van der Waals surface area contributed by atoms with E-state index in [4.69, 9.17) is 0 Å². The topological polar surface area (TPSA) is 33.2 Å². The molecule has 1 aliphatic heterocycles. The predicted molar refractivity (Wildman–Crippen MR) is 66.3 cm³/mol. The Hall–Kier alpha value is -0.550. The first kappa shape index (κ1) is 11.0. The standard InChI is InChI=1S/C10H11BrN2OS/c11-8-1-2-12-9(4-8)13-5-7(6-15)3-10(13)14/h1-2,4,7,15H,3,5-6H2. The van der Waals surface area contributed by atoms with Crippen LogP contribution in [0.15, 0.2) is 22.8 Å². The molecule has 0 N–H and O–H groups in total. The van der Waals surface area contributed by atoms with Crippen molar-refractivity contribution in [3.05, 3.63) is 22.8 Å². The van der Waals surface area contributed by atoms with Crippen LogP contribution < -0.4 is 4.90 Å². The molecule has 1 atom stereocenters. The van der Waals surface area contributed by atoms with E-state index in [0.717, 1.165) is 22.6 Å². The van der Waals surface area contributed by atoms with Crippen LogP contribution in [0.2, 0.25) is 0 Å². The van der Waals surface area contributed by atoms with Crippen molar-refractivity contribution in [3.8, 4) is 0 Å². The number of hydrogen-bond acceptors (Lipinski definition) is 3. The number of halogens is 1. The highest BCUT2D eigenvalue weighted by Gasteiger charge is 2.30. The fourth-order valence-corrected chi connectivity index (χ4v) is 2.23. The molecule has 0 aromatic carbocycles. The van der Waals surface area contributed by atoms with Crippen molar-refractivity contribution < 1.29 is 4.79 Å². The van der Waals surface area contributed by atoms with Crippen LogP contribution in [0.5, 0.6) is 0 Å². The van der Waals surface area contributed by atoms with Crippen LogP contribution in [-0.2, 0) is 4.79 Å². The Morgan fingerprint density at radius 2 is 2.47 bits per heavy atom. The molecule has 5 heteroatoms. The number of amides is 1. The maximum Gasteiger partial charge on any atom is 0.228 e. The van der Waals surface area contributed by atoms with Gasteiger partial charge in [0.15, 0.2) is 0 Å². The van der Waals surface area contributed by atoms with E-state index in [-0.39, 0.29) is 5.91 Å². The molecule has 1 aromatic rings. The van der Waals surface area contributed by atoms with Gasteiger partial charge in [-0.15, -0.1) is 0 Å². The molecule has 3 nitrogen and oxygen atoms in total. The van der Waals surface area contributed by atoms with Gasteiger partial charge in [0.2, 0.25) is 5.91 Å². The minimum Gasteiger partial charge on any atom is -0.296 e. The average molecular weight is 287 g/mol. The lowest BCUT2D eigenvalue weighted by Crippen LogP contribution is -2.25. The van der Waals surface area contributed by atoms with Crippen molar-refractivity contribution in [2.75, 3.05) is 17.2 Å². The molecule has 1 aliphatic rings. The number of nitrogens with zero attached hydrogens (tertiary/aromatic N) is 2. The normalized spacial score (nSPS) is 21.1. The summed E-state index contributed by atoms with van der Waals surface area (Å²) >= 11 is 7.59. The first-order valence-electron chi connectivity index (χ1n) is 4.73. The quantitative estimate of drug-likeness (QED) is 0.845. The van der Waals surface area contributed by atoms with E-state index >= 15 is 0 Å². The summed E-state index contributed by atoms with van der Waals surface area (Å²) in [7, 11) is 0. The number of rotatable bonds is 2. The fourth-order valence-electron chi connectivity index (χ4n) is 1.67. The Labute approximate surface area is 102 Å². The van der Waals surface area contributed by atoms with Crippen molar-refractivity contribution in [1.82, 2.24) is 4.98 Å². The first-order valence-corrected chi connectivity index (χ1v) is 6.16. The molecule has 2 heterocycles. The summed E-state index contributed by atoms with van der Waals surface area (Å²) < 4.78 is 0.939. The maximum atomic E-state index is 11.7. The highest BCUT2D eigenvalue weighted by Crippen LogP contribution is 2.25. The Morgan fingerprint density at radius 1 is 1.67 bits per heavy atom. The minimum absolute atomic E-state index is 0.139. The maximum absolute atomic E-state index is 11.7. The van der Waals surface area contributed by atoms with E-state index in [1.807, 2.05) is 12.1 Å². The molecule has 0 saturated carbocycles. The van der Waals surface area contributed by atoms with Gasteiger partial charge in [0.25, 0.3) is 0 Å². The number of carbonyl (C=O) groups excluding carboxylic acids is 1. The summed E-state index contributed by atoms with van der Waals surface area (Å²) in [5, 5.41) is 0. The minimum atomic E-state index is 0.139. The van der Waals surface area contributed by atoms with Crippen molar-refractivity contribution >= 4 is 40.3 Å². The molecule has 1 fully saturated rings. The first-order chi connectivity index (χ1) is 7.20. The van der Waals surface area contributed by atoms with Gasteiger partial charge in [-0.3, -0.25) is 9.69 Å². The van der Waals surface area contributed by atoms with E-state index in [1.54, 1.807) is 11.1 Å². The van der Waals surface area contributed by atoms with Gasteiger partial charge in [0, 0.05) is 23.6 Å². The van der Waals surface area contributed by atoms with Crippen LogP contribution in [0, 0.1) is 5.92 Å². The molecule has 1 amide bonds. The Morgan fingerprint density at radius 3 is 3.07 bits per heavy atom. The number of pyridine rings is 1. The zero-order chi connectivity index (χ0) is 10.8. The fraction of sp³-hybridized carbons (Fsp3) is 0.400. The lowest BCUT2D eigenvalue weighted by molar-refractivity contribution is -0.117. The number of aromatic nitrogens is 1. The molecule has 2 rings (SSSR count). The van der Waals surface area contributed by atoms with Crippen molar-refractivity contribution in [3.63, 3.8) is 0 Å². The SMILES string of the molecule is O=C1CC(CS)CN1c1cc(Br)ccn1. The van der Waals surface area contributed by atoms with Gasteiger partial charge in [-0.1, -0.05) is 15.9 Å². The third kappa shape index (κ3) is 2.34. The summed E-state index contributed by atoms with van der Waals surface area (Å²) in [6, 6.07) is 3.71.